The lowest BCUT2D eigenvalue weighted by atomic mass is 9.95. The minimum atomic E-state index is -3.59. The van der Waals surface area contributed by atoms with Gasteiger partial charge in [0.1, 0.15) is 11.1 Å². The molecule has 2 aliphatic rings. The van der Waals surface area contributed by atoms with E-state index >= 15 is 0 Å². The highest BCUT2D eigenvalue weighted by atomic mass is 32.2. The van der Waals surface area contributed by atoms with Gasteiger partial charge in [-0.1, -0.05) is 12.1 Å². The Morgan fingerprint density at radius 2 is 1.94 bits per heavy atom. The van der Waals surface area contributed by atoms with Crippen LogP contribution in [0.4, 0.5) is 5.00 Å². The first kappa shape index (κ1) is 22.3. The molecule has 1 aromatic heterocycles. The fraction of sp³-hybridized carbons (Fsp3) is 0.455. The first-order valence-electron chi connectivity index (χ1n) is 10.4. The van der Waals surface area contributed by atoms with E-state index in [9.17, 15) is 18.5 Å². The standard InChI is InChI=1S/C22H25N3O3S3/c1-29-19-8-4-5-9-20(19)31(27,28)25-12-10-15(11-13-25)21(26)24-22-17(14-23)16-6-2-3-7-18(16)30-22/h4-5,8-9,15H,2-3,6-7,10-13H2,1H3,(H,24,26). The number of hydrogen-bond donors (Lipinski definition) is 1. The Morgan fingerprint density at radius 3 is 2.65 bits per heavy atom. The molecular weight excluding hydrogens is 450 g/mol. The molecule has 2 heterocycles. The molecule has 1 aliphatic heterocycles. The fourth-order valence-corrected chi connectivity index (χ4v) is 8.15. The van der Waals surface area contributed by atoms with Crippen molar-refractivity contribution in [1.82, 2.24) is 4.31 Å². The number of piperidine rings is 1. The first-order valence-corrected chi connectivity index (χ1v) is 13.9. The average molecular weight is 476 g/mol. The number of benzene rings is 1. The van der Waals surface area contributed by atoms with Crippen molar-refractivity contribution in [2.24, 2.45) is 5.92 Å². The van der Waals surface area contributed by atoms with E-state index in [0.717, 1.165) is 36.1 Å². The predicted octanol–water partition coefficient (Wildman–Crippen LogP) is 4.26. The largest absolute Gasteiger partial charge is 0.316 e. The molecule has 0 atom stereocenters. The number of thioether (sulfide) groups is 1. The van der Waals surface area contributed by atoms with E-state index in [1.807, 2.05) is 18.4 Å². The quantitative estimate of drug-likeness (QED) is 0.653. The van der Waals surface area contributed by atoms with Crippen LogP contribution >= 0.6 is 23.1 Å². The van der Waals surface area contributed by atoms with Gasteiger partial charge in [0.15, 0.2) is 0 Å². The van der Waals surface area contributed by atoms with Crippen molar-refractivity contribution in [2.75, 3.05) is 24.7 Å². The topological polar surface area (TPSA) is 90.3 Å². The second-order valence-corrected chi connectivity index (χ2v) is 11.7. The summed E-state index contributed by atoms with van der Waals surface area (Å²) in [7, 11) is -3.59. The van der Waals surface area contributed by atoms with E-state index in [0.29, 0.717) is 41.4 Å². The van der Waals surface area contributed by atoms with Crippen molar-refractivity contribution in [3.05, 3.63) is 40.3 Å². The third-order valence-corrected chi connectivity index (χ3v) is 10.1. The Bertz CT molecular complexity index is 1130. The molecule has 0 spiro atoms. The molecule has 1 amide bonds. The fourth-order valence-electron chi connectivity index (χ4n) is 4.32. The number of carbonyl (C=O) groups is 1. The smallest absolute Gasteiger partial charge is 0.244 e. The van der Waals surface area contributed by atoms with Crippen LogP contribution in [0.1, 0.15) is 41.7 Å². The molecule has 0 unspecified atom stereocenters. The lowest BCUT2D eigenvalue weighted by Gasteiger charge is -2.30. The van der Waals surface area contributed by atoms with Crippen molar-refractivity contribution in [2.45, 2.75) is 48.3 Å². The van der Waals surface area contributed by atoms with Gasteiger partial charge in [0.25, 0.3) is 0 Å². The molecule has 0 radical (unpaired) electrons. The van der Waals surface area contributed by atoms with Crippen LogP contribution in [0.25, 0.3) is 0 Å². The maximum Gasteiger partial charge on any atom is 0.244 e. The Hall–Kier alpha value is -1.86. The number of hydrogen-bond acceptors (Lipinski definition) is 6. The molecule has 1 aliphatic carbocycles. The third kappa shape index (κ3) is 4.40. The molecule has 1 N–H and O–H groups in total. The molecule has 0 saturated carbocycles. The van der Waals surface area contributed by atoms with E-state index in [4.69, 9.17) is 0 Å². The molecule has 2 aromatic rings. The normalized spacial score (nSPS) is 17.7. The van der Waals surface area contributed by atoms with Gasteiger partial charge < -0.3 is 5.32 Å². The molecule has 0 bridgehead atoms. The molecule has 1 fully saturated rings. The molecule has 164 valence electrons. The van der Waals surface area contributed by atoms with Gasteiger partial charge in [-0.3, -0.25) is 4.79 Å². The summed E-state index contributed by atoms with van der Waals surface area (Å²) in [6.45, 7) is 0.629. The van der Waals surface area contributed by atoms with Gasteiger partial charge in [-0.15, -0.1) is 23.1 Å². The van der Waals surface area contributed by atoms with Crippen LogP contribution in [0.15, 0.2) is 34.1 Å². The number of nitrogens with one attached hydrogen (secondary N) is 1. The summed E-state index contributed by atoms with van der Waals surface area (Å²) in [5.74, 6) is -0.371. The van der Waals surface area contributed by atoms with Crippen LogP contribution in [-0.4, -0.2) is 38.0 Å². The van der Waals surface area contributed by atoms with Crippen molar-refractivity contribution in [3.63, 3.8) is 0 Å². The Morgan fingerprint density at radius 1 is 1.23 bits per heavy atom. The van der Waals surface area contributed by atoms with Gasteiger partial charge in [0, 0.05) is 28.8 Å². The van der Waals surface area contributed by atoms with Crippen LogP contribution in [-0.2, 0) is 27.7 Å². The number of nitriles is 1. The van der Waals surface area contributed by atoms with Crippen molar-refractivity contribution in [1.29, 1.82) is 5.26 Å². The zero-order chi connectivity index (χ0) is 22.0. The number of rotatable bonds is 5. The van der Waals surface area contributed by atoms with Crippen molar-refractivity contribution < 1.29 is 13.2 Å². The lowest BCUT2D eigenvalue weighted by molar-refractivity contribution is -0.120. The van der Waals surface area contributed by atoms with Gasteiger partial charge in [0.05, 0.1) is 10.5 Å². The number of thiophene rings is 1. The number of carbonyl (C=O) groups excluding carboxylic acids is 1. The number of nitrogens with zero attached hydrogens (tertiary/aromatic N) is 2. The Kier molecular flexibility index (Phi) is 6.72. The highest BCUT2D eigenvalue weighted by molar-refractivity contribution is 7.99. The second kappa shape index (κ2) is 9.33. The molecule has 1 aromatic carbocycles. The number of anilines is 1. The molecule has 31 heavy (non-hydrogen) atoms. The zero-order valence-corrected chi connectivity index (χ0v) is 19.8. The molecule has 9 heteroatoms. The number of sulfonamides is 1. The summed E-state index contributed by atoms with van der Waals surface area (Å²) in [6.07, 6.45) is 6.88. The van der Waals surface area contributed by atoms with Crippen LogP contribution in [0.3, 0.4) is 0 Å². The third-order valence-electron chi connectivity index (χ3n) is 6.03. The highest BCUT2D eigenvalue weighted by Gasteiger charge is 2.34. The number of aryl methyl sites for hydroxylation is 1. The molecule has 1 saturated heterocycles. The summed E-state index contributed by atoms with van der Waals surface area (Å²) >= 11 is 2.93. The molecular formula is C22H25N3O3S3. The van der Waals surface area contributed by atoms with Gasteiger partial charge in [-0.05, 0) is 62.5 Å². The lowest BCUT2D eigenvalue weighted by Crippen LogP contribution is -2.41. The van der Waals surface area contributed by atoms with E-state index < -0.39 is 10.0 Å². The Balaban J connectivity index is 1.43. The summed E-state index contributed by atoms with van der Waals surface area (Å²) < 4.78 is 27.7. The van der Waals surface area contributed by atoms with E-state index in [1.165, 1.54) is 32.3 Å². The van der Waals surface area contributed by atoms with Gasteiger partial charge >= 0.3 is 0 Å². The average Bonchev–Trinajstić information content (AvgIpc) is 3.15. The van der Waals surface area contributed by atoms with Gasteiger partial charge in [0.2, 0.25) is 15.9 Å². The van der Waals surface area contributed by atoms with E-state index in [1.54, 1.807) is 12.1 Å². The predicted molar refractivity (Wildman–Crippen MR) is 124 cm³/mol. The number of fused-ring (bicyclic) bond motifs is 1. The second-order valence-electron chi connectivity index (χ2n) is 7.85. The highest BCUT2D eigenvalue weighted by Crippen LogP contribution is 2.38. The molecule has 6 nitrogen and oxygen atoms in total. The van der Waals surface area contributed by atoms with Crippen molar-refractivity contribution >= 4 is 44.0 Å². The minimum absolute atomic E-state index is 0.114. The minimum Gasteiger partial charge on any atom is -0.316 e. The summed E-state index contributed by atoms with van der Waals surface area (Å²) in [5.41, 5.74) is 1.71. The van der Waals surface area contributed by atoms with Crippen LogP contribution in [0, 0.1) is 17.2 Å². The zero-order valence-electron chi connectivity index (χ0n) is 17.4. The molecule has 4 rings (SSSR count). The summed E-state index contributed by atoms with van der Waals surface area (Å²) in [5, 5.41) is 13.2. The summed E-state index contributed by atoms with van der Waals surface area (Å²) in [4.78, 5) is 15.2. The maximum absolute atomic E-state index is 13.1. The number of amides is 1. The monoisotopic (exact) mass is 475 g/mol. The maximum atomic E-state index is 13.1. The Labute approximate surface area is 191 Å². The van der Waals surface area contributed by atoms with Gasteiger partial charge in [-0.25, -0.2) is 8.42 Å². The first-order chi connectivity index (χ1) is 15.0. The van der Waals surface area contributed by atoms with Crippen LogP contribution in [0.2, 0.25) is 0 Å². The van der Waals surface area contributed by atoms with E-state index in [-0.39, 0.29) is 11.8 Å². The van der Waals surface area contributed by atoms with Crippen molar-refractivity contribution in [3.8, 4) is 6.07 Å². The van der Waals surface area contributed by atoms with Crippen LogP contribution in [0.5, 0.6) is 0 Å². The van der Waals surface area contributed by atoms with Gasteiger partial charge in [-0.2, -0.15) is 9.57 Å². The van der Waals surface area contributed by atoms with Crippen LogP contribution < -0.4 is 5.32 Å². The summed E-state index contributed by atoms with van der Waals surface area (Å²) in [6, 6.07) is 9.29. The van der Waals surface area contributed by atoms with E-state index in [2.05, 4.69) is 11.4 Å². The SMILES string of the molecule is CSc1ccccc1S(=O)(=O)N1CCC(C(=O)Nc2sc3c(c2C#N)CCCC3)CC1.